The van der Waals surface area contributed by atoms with Crippen LogP contribution in [0.5, 0.6) is 5.75 Å². The zero-order valence-corrected chi connectivity index (χ0v) is 11.4. The lowest BCUT2D eigenvalue weighted by Crippen LogP contribution is -2.18. The number of aromatic nitrogens is 1. The number of rotatable bonds is 5. The molecule has 100 valence electrons. The first-order valence-corrected chi connectivity index (χ1v) is 6.88. The number of hydrogen-bond acceptors (Lipinski definition) is 3. The maximum Gasteiger partial charge on any atom is 0.122 e. The van der Waals surface area contributed by atoms with E-state index in [1.54, 1.807) is 7.11 Å². The molecule has 3 nitrogen and oxygen atoms in total. The third kappa shape index (κ3) is 3.45. The zero-order valence-electron chi connectivity index (χ0n) is 11.4. The summed E-state index contributed by atoms with van der Waals surface area (Å²) < 4.78 is 5.24. The highest BCUT2D eigenvalue weighted by Gasteiger charge is 2.22. The van der Waals surface area contributed by atoms with Gasteiger partial charge in [0.25, 0.3) is 0 Å². The lowest BCUT2D eigenvalue weighted by molar-refractivity contribution is 0.102. The highest BCUT2D eigenvalue weighted by Crippen LogP contribution is 2.29. The minimum absolute atomic E-state index is 0.166. The third-order valence-corrected chi connectivity index (χ3v) is 3.86. The van der Waals surface area contributed by atoms with E-state index in [4.69, 9.17) is 4.74 Å². The molecule has 1 saturated carbocycles. The molecule has 18 heavy (non-hydrogen) atoms. The van der Waals surface area contributed by atoms with Gasteiger partial charge in [-0.05, 0) is 38.5 Å². The highest BCUT2D eigenvalue weighted by atomic mass is 16.5. The Balaban J connectivity index is 1.90. The van der Waals surface area contributed by atoms with Crippen LogP contribution < -0.4 is 4.74 Å². The maximum atomic E-state index is 10.1. The smallest absolute Gasteiger partial charge is 0.122 e. The Morgan fingerprint density at radius 3 is 2.78 bits per heavy atom. The predicted octanol–water partition coefficient (Wildman–Crippen LogP) is 2.88. The van der Waals surface area contributed by atoms with Gasteiger partial charge in [0, 0.05) is 23.5 Å². The Morgan fingerprint density at radius 2 is 2.11 bits per heavy atom. The van der Waals surface area contributed by atoms with E-state index in [-0.39, 0.29) is 6.10 Å². The number of aryl methyl sites for hydroxylation is 2. The van der Waals surface area contributed by atoms with Crippen molar-refractivity contribution in [3.63, 3.8) is 0 Å². The SMILES string of the molecule is COc1cc(C)nc(CCC(O)C2CCCC2)c1. The van der Waals surface area contributed by atoms with Crippen LogP contribution in [0.4, 0.5) is 0 Å². The molecule has 0 aromatic carbocycles. The number of aliphatic hydroxyl groups is 1. The summed E-state index contributed by atoms with van der Waals surface area (Å²) in [5, 5.41) is 10.1. The minimum atomic E-state index is -0.166. The van der Waals surface area contributed by atoms with Gasteiger partial charge in [-0.3, -0.25) is 4.98 Å². The van der Waals surface area contributed by atoms with Gasteiger partial charge in [0.2, 0.25) is 0 Å². The Bertz CT molecular complexity index is 386. The van der Waals surface area contributed by atoms with Gasteiger partial charge in [-0.2, -0.15) is 0 Å². The minimum Gasteiger partial charge on any atom is -0.497 e. The number of pyridine rings is 1. The molecule has 1 heterocycles. The van der Waals surface area contributed by atoms with Crippen molar-refractivity contribution in [2.75, 3.05) is 7.11 Å². The summed E-state index contributed by atoms with van der Waals surface area (Å²) in [6.07, 6.45) is 6.40. The van der Waals surface area contributed by atoms with E-state index in [0.717, 1.165) is 30.0 Å². The molecule has 0 aliphatic heterocycles. The average molecular weight is 249 g/mol. The van der Waals surface area contributed by atoms with Gasteiger partial charge in [-0.15, -0.1) is 0 Å². The molecule has 0 spiro atoms. The summed E-state index contributed by atoms with van der Waals surface area (Å²) in [4.78, 5) is 4.49. The molecule has 3 heteroatoms. The van der Waals surface area contributed by atoms with Gasteiger partial charge in [-0.1, -0.05) is 12.8 Å². The quantitative estimate of drug-likeness (QED) is 0.872. The van der Waals surface area contributed by atoms with Crippen LogP contribution in [-0.2, 0) is 6.42 Å². The fraction of sp³-hybridized carbons (Fsp3) is 0.667. The first-order valence-electron chi connectivity index (χ1n) is 6.88. The lowest BCUT2D eigenvalue weighted by Gasteiger charge is -2.17. The summed E-state index contributed by atoms with van der Waals surface area (Å²) in [5.41, 5.74) is 1.99. The van der Waals surface area contributed by atoms with E-state index < -0.39 is 0 Å². The Morgan fingerprint density at radius 1 is 1.39 bits per heavy atom. The van der Waals surface area contributed by atoms with Crippen LogP contribution in [0, 0.1) is 12.8 Å². The summed E-state index contributed by atoms with van der Waals surface area (Å²) >= 11 is 0. The number of aliphatic hydroxyl groups excluding tert-OH is 1. The molecule has 1 aromatic rings. The van der Waals surface area contributed by atoms with E-state index in [1.807, 2.05) is 19.1 Å². The predicted molar refractivity (Wildman–Crippen MR) is 71.8 cm³/mol. The number of hydrogen-bond donors (Lipinski definition) is 1. The number of ether oxygens (including phenoxy) is 1. The van der Waals surface area contributed by atoms with Crippen molar-refractivity contribution in [1.29, 1.82) is 0 Å². The van der Waals surface area contributed by atoms with Gasteiger partial charge >= 0.3 is 0 Å². The molecule has 1 unspecified atom stereocenters. The second-order valence-electron chi connectivity index (χ2n) is 5.29. The van der Waals surface area contributed by atoms with Crippen molar-refractivity contribution in [2.45, 2.75) is 51.6 Å². The lowest BCUT2D eigenvalue weighted by atomic mass is 9.96. The third-order valence-electron chi connectivity index (χ3n) is 3.86. The molecule has 1 aromatic heterocycles. The Labute approximate surface area is 109 Å². The molecule has 2 rings (SSSR count). The van der Waals surface area contributed by atoms with E-state index in [0.29, 0.717) is 5.92 Å². The van der Waals surface area contributed by atoms with Gasteiger partial charge in [0.1, 0.15) is 5.75 Å². The Kier molecular flexibility index (Phi) is 4.59. The molecule has 1 fully saturated rings. The zero-order chi connectivity index (χ0) is 13.0. The van der Waals surface area contributed by atoms with Crippen molar-refractivity contribution in [3.05, 3.63) is 23.5 Å². The maximum absolute atomic E-state index is 10.1. The van der Waals surface area contributed by atoms with Crippen LogP contribution in [0.2, 0.25) is 0 Å². The Hall–Kier alpha value is -1.09. The van der Waals surface area contributed by atoms with Crippen LogP contribution in [0.1, 0.15) is 43.5 Å². The van der Waals surface area contributed by atoms with E-state index in [9.17, 15) is 5.11 Å². The summed E-state index contributed by atoms with van der Waals surface area (Å²) in [6.45, 7) is 1.97. The van der Waals surface area contributed by atoms with Crippen LogP contribution in [0.25, 0.3) is 0 Å². The molecule has 0 radical (unpaired) electrons. The molecule has 1 N–H and O–H groups in total. The molecular formula is C15H23NO2. The standard InChI is InChI=1S/C15H23NO2/c1-11-9-14(18-2)10-13(16-11)7-8-15(17)12-5-3-4-6-12/h9-10,12,15,17H,3-8H2,1-2H3. The van der Waals surface area contributed by atoms with Gasteiger partial charge in [0.05, 0.1) is 13.2 Å². The summed E-state index contributed by atoms with van der Waals surface area (Å²) in [7, 11) is 1.67. The largest absolute Gasteiger partial charge is 0.497 e. The number of nitrogens with zero attached hydrogens (tertiary/aromatic N) is 1. The van der Waals surface area contributed by atoms with Crippen molar-refractivity contribution in [1.82, 2.24) is 4.98 Å². The van der Waals surface area contributed by atoms with E-state index in [2.05, 4.69) is 4.98 Å². The molecule has 0 saturated heterocycles. The monoisotopic (exact) mass is 249 g/mol. The second-order valence-corrected chi connectivity index (χ2v) is 5.29. The molecule has 0 amide bonds. The number of methoxy groups -OCH3 is 1. The van der Waals surface area contributed by atoms with Crippen LogP contribution in [0.15, 0.2) is 12.1 Å². The highest BCUT2D eigenvalue weighted by molar-refractivity contribution is 5.26. The van der Waals surface area contributed by atoms with Gasteiger partial charge in [-0.25, -0.2) is 0 Å². The fourth-order valence-corrected chi connectivity index (χ4v) is 2.82. The van der Waals surface area contributed by atoms with Crippen LogP contribution >= 0.6 is 0 Å². The fourth-order valence-electron chi connectivity index (χ4n) is 2.82. The first kappa shape index (κ1) is 13.3. The van der Waals surface area contributed by atoms with Crippen LogP contribution in [-0.4, -0.2) is 23.3 Å². The normalized spacial score (nSPS) is 17.9. The summed E-state index contributed by atoms with van der Waals surface area (Å²) in [6, 6.07) is 3.89. The molecule has 1 aliphatic carbocycles. The van der Waals surface area contributed by atoms with Crippen molar-refractivity contribution < 1.29 is 9.84 Å². The van der Waals surface area contributed by atoms with Crippen LogP contribution in [0.3, 0.4) is 0 Å². The van der Waals surface area contributed by atoms with Gasteiger partial charge in [0.15, 0.2) is 0 Å². The molecular weight excluding hydrogens is 226 g/mol. The van der Waals surface area contributed by atoms with Crippen molar-refractivity contribution in [3.8, 4) is 5.75 Å². The van der Waals surface area contributed by atoms with E-state index in [1.165, 1.54) is 25.7 Å². The van der Waals surface area contributed by atoms with Gasteiger partial charge < -0.3 is 9.84 Å². The molecule has 1 aliphatic rings. The molecule has 0 bridgehead atoms. The summed E-state index contributed by atoms with van der Waals surface area (Å²) in [5.74, 6) is 1.37. The average Bonchev–Trinajstić information content (AvgIpc) is 2.89. The second kappa shape index (κ2) is 6.19. The molecule has 1 atom stereocenters. The van der Waals surface area contributed by atoms with Crippen molar-refractivity contribution in [2.24, 2.45) is 5.92 Å². The van der Waals surface area contributed by atoms with E-state index >= 15 is 0 Å². The first-order chi connectivity index (χ1) is 8.69. The van der Waals surface area contributed by atoms with Crippen molar-refractivity contribution >= 4 is 0 Å². The topological polar surface area (TPSA) is 42.4 Å².